The van der Waals surface area contributed by atoms with Crippen LogP contribution in [0.15, 0.2) is 22.9 Å². The van der Waals surface area contributed by atoms with Gasteiger partial charge in [-0.25, -0.2) is 4.98 Å². The molecule has 0 aliphatic rings. The van der Waals surface area contributed by atoms with E-state index in [0.717, 1.165) is 5.56 Å². The van der Waals surface area contributed by atoms with E-state index >= 15 is 0 Å². The SMILES string of the molecule is CC(CC(=O)O)c1cc(Cl)cc2ncoc12. The highest BCUT2D eigenvalue weighted by molar-refractivity contribution is 6.31. The molecular formula is C11H10ClNO3. The number of rotatable bonds is 3. The molecule has 1 atom stereocenters. The van der Waals surface area contributed by atoms with Crippen LogP contribution >= 0.6 is 11.6 Å². The van der Waals surface area contributed by atoms with Gasteiger partial charge in [0, 0.05) is 10.6 Å². The molecule has 1 unspecified atom stereocenters. The van der Waals surface area contributed by atoms with Crippen LogP contribution in [0.3, 0.4) is 0 Å². The maximum atomic E-state index is 10.7. The van der Waals surface area contributed by atoms with Crippen molar-refractivity contribution in [3.8, 4) is 0 Å². The molecule has 0 fully saturated rings. The van der Waals surface area contributed by atoms with E-state index in [2.05, 4.69) is 4.98 Å². The molecule has 16 heavy (non-hydrogen) atoms. The summed E-state index contributed by atoms with van der Waals surface area (Å²) < 4.78 is 5.24. The fourth-order valence-corrected chi connectivity index (χ4v) is 1.92. The zero-order valence-corrected chi connectivity index (χ0v) is 9.36. The standard InChI is InChI=1S/C11H10ClNO3/c1-6(2-10(14)15)8-3-7(12)4-9-11(8)16-5-13-9/h3-6H,2H2,1H3,(H,14,15). The molecule has 84 valence electrons. The van der Waals surface area contributed by atoms with Crippen molar-refractivity contribution in [2.75, 3.05) is 0 Å². The molecule has 0 radical (unpaired) electrons. The van der Waals surface area contributed by atoms with E-state index in [1.807, 2.05) is 6.92 Å². The van der Waals surface area contributed by atoms with Gasteiger partial charge in [0.25, 0.3) is 0 Å². The third kappa shape index (κ3) is 2.02. The average molecular weight is 240 g/mol. The van der Waals surface area contributed by atoms with Gasteiger partial charge in [0.2, 0.25) is 0 Å². The Hall–Kier alpha value is -1.55. The molecule has 2 aromatic rings. The Morgan fingerprint density at radius 3 is 3.06 bits per heavy atom. The van der Waals surface area contributed by atoms with E-state index < -0.39 is 5.97 Å². The lowest BCUT2D eigenvalue weighted by atomic mass is 9.97. The van der Waals surface area contributed by atoms with Crippen molar-refractivity contribution in [1.82, 2.24) is 4.98 Å². The highest BCUT2D eigenvalue weighted by atomic mass is 35.5. The Labute approximate surface area is 96.8 Å². The second-order valence-electron chi connectivity index (χ2n) is 3.69. The number of carbonyl (C=O) groups is 1. The number of carboxylic acids is 1. The van der Waals surface area contributed by atoms with Crippen LogP contribution in [-0.2, 0) is 4.79 Å². The second-order valence-corrected chi connectivity index (χ2v) is 4.13. The van der Waals surface area contributed by atoms with E-state index in [0.29, 0.717) is 16.1 Å². The molecule has 0 aliphatic carbocycles. The molecule has 4 nitrogen and oxygen atoms in total. The normalized spacial score (nSPS) is 12.9. The molecule has 0 aliphatic heterocycles. The van der Waals surface area contributed by atoms with E-state index in [-0.39, 0.29) is 12.3 Å². The molecular weight excluding hydrogens is 230 g/mol. The summed E-state index contributed by atoms with van der Waals surface area (Å²) in [5.74, 6) is -1.01. The third-order valence-corrected chi connectivity index (χ3v) is 2.66. The number of oxazole rings is 1. The smallest absolute Gasteiger partial charge is 0.303 e. The fourth-order valence-electron chi connectivity index (χ4n) is 1.70. The molecule has 0 amide bonds. The van der Waals surface area contributed by atoms with Crippen LogP contribution in [0.5, 0.6) is 0 Å². The first-order chi connectivity index (χ1) is 7.58. The summed E-state index contributed by atoms with van der Waals surface area (Å²) in [6.07, 6.45) is 1.37. The molecule has 0 saturated heterocycles. The fraction of sp³-hybridized carbons (Fsp3) is 0.273. The van der Waals surface area contributed by atoms with Gasteiger partial charge in [0.15, 0.2) is 12.0 Å². The van der Waals surface area contributed by atoms with Gasteiger partial charge < -0.3 is 9.52 Å². The summed E-state index contributed by atoms with van der Waals surface area (Å²) in [4.78, 5) is 14.7. The zero-order chi connectivity index (χ0) is 11.7. The van der Waals surface area contributed by atoms with Gasteiger partial charge in [-0.15, -0.1) is 0 Å². The summed E-state index contributed by atoms with van der Waals surface area (Å²) in [6.45, 7) is 1.82. The first-order valence-corrected chi connectivity index (χ1v) is 5.20. The lowest BCUT2D eigenvalue weighted by Gasteiger charge is -2.09. The highest BCUT2D eigenvalue weighted by Gasteiger charge is 2.16. The van der Waals surface area contributed by atoms with Gasteiger partial charge in [-0.05, 0) is 18.1 Å². The van der Waals surface area contributed by atoms with Crippen molar-refractivity contribution in [2.24, 2.45) is 0 Å². The minimum absolute atomic E-state index is 0.0378. The van der Waals surface area contributed by atoms with E-state index in [4.69, 9.17) is 21.1 Å². The predicted octanol–water partition coefficient (Wildman–Crippen LogP) is 3.06. The Morgan fingerprint density at radius 1 is 1.62 bits per heavy atom. The molecule has 1 heterocycles. The number of fused-ring (bicyclic) bond motifs is 1. The minimum Gasteiger partial charge on any atom is -0.481 e. The largest absolute Gasteiger partial charge is 0.481 e. The molecule has 1 aromatic heterocycles. The maximum absolute atomic E-state index is 10.7. The number of aliphatic carboxylic acids is 1. The quantitative estimate of drug-likeness (QED) is 0.894. The van der Waals surface area contributed by atoms with Gasteiger partial charge in [0.05, 0.1) is 6.42 Å². The van der Waals surface area contributed by atoms with Crippen molar-refractivity contribution in [3.63, 3.8) is 0 Å². The number of aromatic nitrogens is 1. The van der Waals surface area contributed by atoms with Crippen molar-refractivity contribution in [3.05, 3.63) is 29.1 Å². The molecule has 0 bridgehead atoms. The van der Waals surface area contributed by atoms with Crippen LogP contribution < -0.4 is 0 Å². The Balaban J connectivity index is 2.49. The number of hydrogen-bond donors (Lipinski definition) is 1. The Morgan fingerprint density at radius 2 is 2.38 bits per heavy atom. The highest BCUT2D eigenvalue weighted by Crippen LogP contribution is 2.30. The Kier molecular flexibility index (Phi) is 2.83. The van der Waals surface area contributed by atoms with E-state index in [1.165, 1.54) is 6.39 Å². The topological polar surface area (TPSA) is 63.3 Å². The second kappa shape index (κ2) is 4.14. The zero-order valence-electron chi connectivity index (χ0n) is 8.61. The molecule has 5 heteroatoms. The van der Waals surface area contributed by atoms with Gasteiger partial charge in [-0.3, -0.25) is 4.79 Å². The lowest BCUT2D eigenvalue weighted by molar-refractivity contribution is -0.137. The van der Waals surface area contributed by atoms with Crippen LogP contribution in [0.2, 0.25) is 5.02 Å². The maximum Gasteiger partial charge on any atom is 0.303 e. The van der Waals surface area contributed by atoms with Crippen molar-refractivity contribution < 1.29 is 14.3 Å². The summed E-state index contributed by atoms with van der Waals surface area (Å²) in [5.41, 5.74) is 2.04. The van der Waals surface area contributed by atoms with Crippen LogP contribution in [0.4, 0.5) is 0 Å². The molecule has 0 saturated carbocycles. The number of carboxylic acid groups (broad SMARTS) is 1. The van der Waals surface area contributed by atoms with Crippen molar-refractivity contribution >= 4 is 28.7 Å². The summed E-state index contributed by atoms with van der Waals surface area (Å²) in [7, 11) is 0. The minimum atomic E-state index is -0.847. The average Bonchev–Trinajstić information content (AvgIpc) is 2.62. The van der Waals surface area contributed by atoms with Crippen molar-refractivity contribution in [1.29, 1.82) is 0 Å². The van der Waals surface area contributed by atoms with Gasteiger partial charge in [-0.1, -0.05) is 18.5 Å². The van der Waals surface area contributed by atoms with Gasteiger partial charge in [0.1, 0.15) is 5.52 Å². The number of hydrogen-bond acceptors (Lipinski definition) is 3. The van der Waals surface area contributed by atoms with E-state index in [9.17, 15) is 4.79 Å². The molecule has 1 N–H and O–H groups in total. The first kappa shape index (κ1) is 11.0. The monoisotopic (exact) mass is 239 g/mol. The van der Waals surface area contributed by atoms with Gasteiger partial charge >= 0.3 is 5.97 Å². The number of halogens is 1. The lowest BCUT2D eigenvalue weighted by Crippen LogP contribution is -2.03. The predicted molar refractivity (Wildman–Crippen MR) is 59.7 cm³/mol. The summed E-state index contributed by atoms with van der Waals surface area (Å²) in [5, 5.41) is 9.29. The molecule has 2 rings (SSSR count). The summed E-state index contributed by atoms with van der Waals surface area (Å²) in [6, 6.07) is 3.42. The number of benzene rings is 1. The van der Waals surface area contributed by atoms with Crippen molar-refractivity contribution in [2.45, 2.75) is 19.3 Å². The van der Waals surface area contributed by atoms with Gasteiger partial charge in [-0.2, -0.15) is 0 Å². The third-order valence-electron chi connectivity index (χ3n) is 2.44. The van der Waals surface area contributed by atoms with Crippen LogP contribution in [-0.4, -0.2) is 16.1 Å². The first-order valence-electron chi connectivity index (χ1n) is 4.82. The van der Waals surface area contributed by atoms with Crippen LogP contribution in [0.1, 0.15) is 24.8 Å². The van der Waals surface area contributed by atoms with Crippen LogP contribution in [0.25, 0.3) is 11.1 Å². The molecule has 1 aromatic carbocycles. The Bertz CT molecular complexity index is 535. The summed E-state index contributed by atoms with van der Waals surface area (Å²) >= 11 is 5.93. The number of nitrogens with zero attached hydrogens (tertiary/aromatic N) is 1. The van der Waals surface area contributed by atoms with E-state index in [1.54, 1.807) is 12.1 Å². The molecule has 0 spiro atoms. The van der Waals surface area contributed by atoms with Crippen LogP contribution in [0, 0.1) is 0 Å².